The van der Waals surface area contributed by atoms with Crippen LogP contribution in [0.2, 0.25) is 5.02 Å². The van der Waals surface area contributed by atoms with Gasteiger partial charge in [-0.15, -0.1) is 11.8 Å². The van der Waals surface area contributed by atoms with Crippen molar-refractivity contribution in [2.75, 3.05) is 23.7 Å². The van der Waals surface area contributed by atoms with Crippen molar-refractivity contribution in [2.24, 2.45) is 5.92 Å². The SMILES string of the molecule is CC1CCN(c2ccc([C@H](C)NC(=O)CSCc3ccc(Cl)cc3)cc2)CC1. The molecule has 0 saturated carbocycles. The predicted octanol–water partition coefficient (Wildman–Crippen LogP) is 5.69. The van der Waals surface area contributed by atoms with Crippen LogP contribution in [-0.4, -0.2) is 24.7 Å². The van der Waals surface area contributed by atoms with Gasteiger partial charge in [0.1, 0.15) is 0 Å². The number of rotatable bonds is 7. The Morgan fingerprint density at radius 3 is 2.43 bits per heavy atom. The monoisotopic (exact) mass is 416 g/mol. The number of nitrogens with zero attached hydrogens (tertiary/aromatic N) is 1. The lowest BCUT2D eigenvalue weighted by molar-refractivity contribution is -0.119. The molecule has 2 aromatic carbocycles. The third kappa shape index (κ3) is 6.18. The van der Waals surface area contributed by atoms with Crippen LogP contribution in [0.3, 0.4) is 0 Å². The number of anilines is 1. The highest BCUT2D eigenvalue weighted by atomic mass is 35.5. The Morgan fingerprint density at radius 2 is 1.79 bits per heavy atom. The highest BCUT2D eigenvalue weighted by molar-refractivity contribution is 7.99. The molecule has 1 N–H and O–H groups in total. The largest absolute Gasteiger partial charge is 0.372 e. The molecule has 5 heteroatoms. The summed E-state index contributed by atoms with van der Waals surface area (Å²) in [6, 6.07) is 16.4. The molecule has 150 valence electrons. The second-order valence-corrected chi connectivity index (χ2v) is 9.09. The lowest BCUT2D eigenvalue weighted by atomic mass is 9.98. The molecule has 1 fully saturated rings. The first kappa shape index (κ1) is 21.1. The van der Waals surface area contributed by atoms with Crippen molar-refractivity contribution >= 4 is 35.0 Å². The highest BCUT2D eigenvalue weighted by Crippen LogP contribution is 2.24. The smallest absolute Gasteiger partial charge is 0.230 e. The maximum Gasteiger partial charge on any atom is 0.230 e. The van der Waals surface area contributed by atoms with E-state index in [9.17, 15) is 4.79 Å². The minimum Gasteiger partial charge on any atom is -0.372 e. The average molecular weight is 417 g/mol. The van der Waals surface area contributed by atoms with Gasteiger partial charge in [-0.25, -0.2) is 0 Å². The van der Waals surface area contributed by atoms with Gasteiger partial charge in [0.25, 0.3) is 0 Å². The molecule has 0 bridgehead atoms. The Bertz CT molecular complexity index is 755. The van der Waals surface area contributed by atoms with E-state index in [-0.39, 0.29) is 11.9 Å². The summed E-state index contributed by atoms with van der Waals surface area (Å²) in [6.07, 6.45) is 2.53. The van der Waals surface area contributed by atoms with Gasteiger partial charge in [-0.05, 0) is 61.1 Å². The maximum absolute atomic E-state index is 12.3. The fourth-order valence-electron chi connectivity index (χ4n) is 3.45. The molecule has 2 aromatic rings. The highest BCUT2D eigenvalue weighted by Gasteiger charge is 2.16. The van der Waals surface area contributed by atoms with Crippen LogP contribution in [0.4, 0.5) is 5.69 Å². The van der Waals surface area contributed by atoms with Crippen molar-refractivity contribution in [2.45, 2.75) is 38.5 Å². The zero-order valence-corrected chi connectivity index (χ0v) is 18.2. The fraction of sp³-hybridized carbons (Fsp3) is 0.435. The summed E-state index contributed by atoms with van der Waals surface area (Å²) in [5.41, 5.74) is 3.61. The number of piperidine rings is 1. The molecule has 1 amide bonds. The molecule has 0 radical (unpaired) electrons. The molecule has 3 rings (SSSR count). The Morgan fingerprint density at radius 1 is 1.14 bits per heavy atom. The number of amides is 1. The van der Waals surface area contributed by atoms with Gasteiger partial charge in [0.05, 0.1) is 11.8 Å². The van der Waals surface area contributed by atoms with Crippen LogP contribution in [0.15, 0.2) is 48.5 Å². The second kappa shape index (κ2) is 10.2. The van der Waals surface area contributed by atoms with Gasteiger partial charge < -0.3 is 10.2 Å². The molecule has 3 nitrogen and oxygen atoms in total. The summed E-state index contributed by atoms with van der Waals surface area (Å²) in [5, 5.41) is 3.84. The van der Waals surface area contributed by atoms with Gasteiger partial charge in [0.15, 0.2) is 0 Å². The van der Waals surface area contributed by atoms with Crippen molar-refractivity contribution in [3.05, 3.63) is 64.7 Å². The quantitative estimate of drug-likeness (QED) is 0.629. The number of hydrogen-bond donors (Lipinski definition) is 1. The van der Waals surface area contributed by atoms with Gasteiger partial charge in [-0.1, -0.05) is 42.8 Å². The molecule has 28 heavy (non-hydrogen) atoms. The standard InChI is InChI=1S/C23H29ClN2OS/c1-17-11-13-26(14-12-17)22-9-5-20(6-10-22)18(2)25-23(27)16-28-15-19-3-7-21(24)8-4-19/h3-10,17-18H,11-16H2,1-2H3,(H,25,27)/t18-/m0/s1. The fourth-order valence-corrected chi connectivity index (χ4v) is 4.37. The van der Waals surface area contributed by atoms with Gasteiger partial charge in [-0.3, -0.25) is 4.79 Å². The van der Waals surface area contributed by atoms with Gasteiger partial charge >= 0.3 is 0 Å². The summed E-state index contributed by atoms with van der Waals surface area (Å²) >= 11 is 7.51. The molecule has 1 aliphatic rings. The molecule has 0 spiro atoms. The minimum atomic E-state index is 0.0130. The normalized spacial score (nSPS) is 16.0. The molecule has 1 aliphatic heterocycles. The first-order chi connectivity index (χ1) is 13.5. The molecular weight excluding hydrogens is 388 g/mol. The van der Waals surface area contributed by atoms with E-state index in [0.29, 0.717) is 5.75 Å². The molecule has 0 aromatic heterocycles. The van der Waals surface area contributed by atoms with Gasteiger partial charge in [0, 0.05) is 29.6 Å². The van der Waals surface area contributed by atoms with Crippen LogP contribution in [0.5, 0.6) is 0 Å². The molecule has 1 saturated heterocycles. The van der Waals surface area contributed by atoms with Gasteiger partial charge in [0.2, 0.25) is 5.91 Å². The van der Waals surface area contributed by atoms with Crippen LogP contribution in [-0.2, 0) is 10.5 Å². The molecule has 0 aliphatic carbocycles. The van der Waals surface area contributed by atoms with Crippen LogP contribution in [0.25, 0.3) is 0 Å². The molecular formula is C23H29ClN2OS. The second-order valence-electron chi connectivity index (χ2n) is 7.67. The Hall–Kier alpha value is -1.65. The number of hydrogen-bond acceptors (Lipinski definition) is 3. The van der Waals surface area contributed by atoms with E-state index in [0.717, 1.165) is 35.3 Å². The molecule has 1 heterocycles. The van der Waals surface area contributed by atoms with Crippen molar-refractivity contribution in [1.29, 1.82) is 0 Å². The van der Waals surface area contributed by atoms with Crippen LogP contribution in [0.1, 0.15) is 43.9 Å². The lowest BCUT2D eigenvalue weighted by Crippen LogP contribution is -2.32. The van der Waals surface area contributed by atoms with E-state index in [1.807, 2.05) is 31.2 Å². The number of carbonyl (C=O) groups excluding carboxylic acids is 1. The topological polar surface area (TPSA) is 32.3 Å². The Balaban J connectivity index is 1.43. The average Bonchev–Trinajstić information content (AvgIpc) is 2.70. The van der Waals surface area contributed by atoms with Crippen LogP contribution < -0.4 is 10.2 Å². The van der Waals surface area contributed by atoms with E-state index >= 15 is 0 Å². The Labute approximate surface area is 177 Å². The van der Waals surface area contributed by atoms with Crippen molar-refractivity contribution < 1.29 is 4.79 Å². The van der Waals surface area contributed by atoms with E-state index in [4.69, 9.17) is 11.6 Å². The zero-order valence-electron chi connectivity index (χ0n) is 16.7. The summed E-state index contributed by atoms with van der Waals surface area (Å²) in [6.45, 7) is 6.65. The molecule has 1 atom stereocenters. The van der Waals surface area contributed by atoms with Crippen molar-refractivity contribution in [3.63, 3.8) is 0 Å². The number of benzene rings is 2. The van der Waals surface area contributed by atoms with Crippen LogP contribution >= 0.6 is 23.4 Å². The summed E-state index contributed by atoms with van der Waals surface area (Å²) < 4.78 is 0. The number of carbonyl (C=O) groups is 1. The number of halogens is 1. The summed E-state index contributed by atoms with van der Waals surface area (Å²) in [5.74, 6) is 2.17. The summed E-state index contributed by atoms with van der Waals surface area (Å²) in [4.78, 5) is 14.7. The first-order valence-electron chi connectivity index (χ1n) is 9.97. The maximum atomic E-state index is 12.3. The van der Waals surface area contributed by atoms with Gasteiger partial charge in [-0.2, -0.15) is 0 Å². The van der Waals surface area contributed by atoms with E-state index in [1.165, 1.54) is 24.1 Å². The first-order valence-corrected chi connectivity index (χ1v) is 11.5. The van der Waals surface area contributed by atoms with Crippen molar-refractivity contribution in [3.8, 4) is 0 Å². The van der Waals surface area contributed by atoms with E-state index in [1.54, 1.807) is 11.8 Å². The summed E-state index contributed by atoms with van der Waals surface area (Å²) in [7, 11) is 0. The van der Waals surface area contributed by atoms with E-state index < -0.39 is 0 Å². The third-order valence-electron chi connectivity index (χ3n) is 5.33. The molecule has 0 unspecified atom stereocenters. The third-order valence-corrected chi connectivity index (χ3v) is 6.59. The van der Waals surface area contributed by atoms with E-state index in [2.05, 4.69) is 41.4 Å². The lowest BCUT2D eigenvalue weighted by Gasteiger charge is -2.32. The van der Waals surface area contributed by atoms with Crippen LogP contribution in [0, 0.1) is 5.92 Å². The Kier molecular flexibility index (Phi) is 7.69. The van der Waals surface area contributed by atoms with Crippen molar-refractivity contribution in [1.82, 2.24) is 5.32 Å². The number of nitrogens with one attached hydrogen (secondary N) is 1. The number of thioether (sulfide) groups is 1. The predicted molar refractivity (Wildman–Crippen MR) is 121 cm³/mol. The minimum absolute atomic E-state index is 0.0130. The zero-order chi connectivity index (χ0) is 19.9.